The number of ether oxygens (including phenoxy) is 2. The van der Waals surface area contributed by atoms with E-state index in [2.05, 4.69) is 17.2 Å². The summed E-state index contributed by atoms with van der Waals surface area (Å²) in [5, 5.41) is 5.19. The van der Waals surface area contributed by atoms with Crippen molar-refractivity contribution in [2.45, 2.75) is 39.7 Å². The minimum absolute atomic E-state index is 0.0424. The number of carbonyl (C=O) groups excluding carboxylic acids is 3. The maximum atomic E-state index is 12.2. The van der Waals surface area contributed by atoms with Crippen molar-refractivity contribution in [2.24, 2.45) is 0 Å². The fraction of sp³-hybridized carbons (Fsp3) is 0.450. The Morgan fingerprint density at radius 3 is 2.28 bits per heavy atom. The molecule has 1 aromatic carbocycles. The number of carbonyl (C=O) groups is 3. The van der Waals surface area contributed by atoms with Gasteiger partial charge in [-0.3, -0.25) is 9.59 Å². The van der Waals surface area contributed by atoms with Gasteiger partial charge in [-0.25, -0.2) is 4.79 Å². The molecular weight excluding hydrogens is 419 g/mol. The van der Waals surface area contributed by atoms with Crippen molar-refractivity contribution >= 4 is 41.0 Å². The largest absolute Gasteiger partial charge is 0.482 e. The first-order chi connectivity index (χ1) is 13.5. The van der Waals surface area contributed by atoms with Crippen molar-refractivity contribution in [3.05, 3.63) is 39.9 Å². The standard InChI is InChI=1S/C20H26Cl2N2O5/c1-6-12(2)18(26)13-7-8-14(17(22)16(13)21)28-11-15(25)23-9-10-24-19(27)29-20(3,4)5/h7-8H,2,6,9-11H2,1,3-5H3,(H,23,25)(H,24,27). The van der Waals surface area contributed by atoms with Gasteiger partial charge in [0.05, 0.1) is 5.02 Å². The van der Waals surface area contributed by atoms with Gasteiger partial charge in [-0.2, -0.15) is 0 Å². The van der Waals surface area contributed by atoms with Gasteiger partial charge < -0.3 is 20.1 Å². The minimum Gasteiger partial charge on any atom is -0.482 e. The van der Waals surface area contributed by atoms with E-state index in [1.807, 2.05) is 6.92 Å². The summed E-state index contributed by atoms with van der Waals surface area (Å²) in [6, 6.07) is 2.96. The third-order valence-corrected chi connectivity index (χ3v) is 4.38. The highest BCUT2D eigenvalue weighted by Crippen LogP contribution is 2.35. The first kappa shape index (κ1) is 24.8. The predicted molar refractivity (Wildman–Crippen MR) is 113 cm³/mol. The monoisotopic (exact) mass is 444 g/mol. The van der Waals surface area contributed by atoms with Gasteiger partial charge in [0.1, 0.15) is 16.4 Å². The summed E-state index contributed by atoms with van der Waals surface area (Å²) < 4.78 is 10.4. The maximum absolute atomic E-state index is 12.2. The molecule has 9 heteroatoms. The summed E-state index contributed by atoms with van der Waals surface area (Å²) in [4.78, 5) is 35.6. The molecule has 0 saturated heterocycles. The summed E-state index contributed by atoms with van der Waals surface area (Å²) >= 11 is 12.3. The molecule has 0 aliphatic rings. The number of hydrogen-bond donors (Lipinski definition) is 2. The summed E-state index contributed by atoms with van der Waals surface area (Å²) in [7, 11) is 0. The summed E-state index contributed by atoms with van der Waals surface area (Å²) in [6.07, 6.45) is -0.0710. The van der Waals surface area contributed by atoms with Crippen LogP contribution in [0.25, 0.3) is 0 Å². The van der Waals surface area contributed by atoms with Crippen LogP contribution in [-0.2, 0) is 9.53 Å². The fourth-order valence-corrected chi connectivity index (χ4v) is 2.51. The SMILES string of the molecule is C=C(CC)C(=O)c1ccc(OCC(=O)NCCNC(=O)OC(C)(C)C)c(Cl)c1Cl. The molecule has 2 N–H and O–H groups in total. The van der Waals surface area contributed by atoms with E-state index in [1.54, 1.807) is 20.8 Å². The van der Waals surface area contributed by atoms with Crippen LogP contribution in [0, 0.1) is 0 Å². The molecule has 7 nitrogen and oxygen atoms in total. The van der Waals surface area contributed by atoms with Crippen LogP contribution in [0.4, 0.5) is 4.79 Å². The smallest absolute Gasteiger partial charge is 0.407 e. The van der Waals surface area contributed by atoms with Crippen LogP contribution in [0.5, 0.6) is 5.75 Å². The van der Waals surface area contributed by atoms with Gasteiger partial charge in [-0.1, -0.05) is 36.7 Å². The Morgan fingerprint density at radius 1 is 1.07 bits per heavy atom. The number of allylic oxidation sites excluding steroid dienone is 1. The number of hydrogen-bond acceptors (Lipinski definition) is 5. The third-order valence-electron chi connectivity index (χ3n) is 3.51. The molecule has 0 aromatic heterocycles. The highest BCUT2D eigenvalue weighted by atomic mass is 35.5. The summed E-state index contributed by atoms with van der Waals surface area (Å²) in [6.45, 7) is 10.9. The second-order valence-corrected chi connectivity index (χ2v) is 7.85. The predicted octanol–water partition coefficient (Wildman–Crippen LogP) is 4.16. The van der Waals surface area contributed by atoms with Gasteiger partial charge >= 0.3 is 6.09 Å². The number of rotatable bonds is 9. The van der Waals surface area contributed by atoms with Gasteiger partial charge in [0.2, 0.25) is 0 Å². The number of nitrogens with one attached hydrogen (secondary N) is 2. The molecule has 0 bridgehead atoms. The second-order valence-electron chi connectivity index (χ2n) is 7.09. The average molecular weight is 445 g/mol. The molecule has 0 aliphatic heterocycles. The zero-order valence-corrected chi connectivity index (χ0v) is 18.5. The van der Waals surface area contributed by atoms with Crippen molar-refractivity contribution in [1.29, 1.82) is 0 Å². The van der Waals surface area contributed by atoms with Crippen LogP contribution in [0.2, 0.25) is 10.0 Å². The molecule has 0 fully saturated rings. The number of alkyl carbamates (subject to hydrolysis) is 1. The summed E-state index contributed by atoms with van der Waals surface area (Å²) in [5.41, 5.74) is 0.0515. The Bertz CT molecular complexity index is 788. The van der Waals surface area contributed by atoms with Gasteiger partial charge in [-0.15, -0.1) is 0 Å². The van der Waals surface area contributed by atoms with Crippen molar-refractivity contribution < 1.29 is 23.9 Å². The zero-order valence-electron chi connectivity index (χ0n) is 17.0. The number of Topliss-reactive ketones (excluding diaryl/α,β-unsaturated/α-hetero) is 1. The van der Waals surface area contributed by atoms with Crippen molar-refractivity contribution in [3.8, 4) is 5.75 Å². The normalized spacial score (nSPS) is 10.8. The highest BCUT2D eigenvalue weighted by Gasteiger charge is 2.19. The molecule has 2 amide bonds. The van der Waals surface area contributed by atoms with E-state index in [-0.39, 0.29) is 46.8 Å². The molecular formula is C20H26Cl2N2O5. The Hall–Kier alpha value is -2.25. The third kappa shape index (κ3) is 8.33. The van der Waals surface area contributed by atoms with E-state index >= 15 is 0 Å². The Balaban J connectivity index is 2.50. The number of ketones is 1. The minimum atomic E-state index is -0.592. The lowest BCUT2D eigenvalue weighted by atomic mass is 10.0. The Labute approximate surface area is 180 Å². The van der Waals surface area contributed by atoms with E-state index < -0.39 is 17.6 Å². The van der Waals surface area contributed by atoms with Crippen molar-refractivity contribution in [1.82, 2.24) is 10.6 Å². The topological polar surface area (TPSA) is 93.7 Å². The molecule has 0 aliphatic carbocycles. The van der Waals surface area contributed by atoms with Crippen molar-refractivity contribution in [2.75, 3.05) is 19.7 Å². The molecule has 0 radical (unpaired) electrons. The molecule has 0 atom stereocenters. The molecule has 1 aromatic rings. The average Bonchev–Trinajstić information content (AvgIpc) is 2.63. The fourth-order valence-electron chi connectivity index (χ4n) is 2.04. The van der Waals surface area contributed by atoms with E-state index in [9.17, 15) is 14.4 Å². The molecule has 0 saturated carbocycles. The van der Waals surface area contributed by atoms with Gasteiger partial charge in [0.15, 0.2) is 12.4 Å². The first-order valence-corrected chi connectivity index (χ1v) is 9.78. The number of benzene rings is 1. The molecule has 0 heterocycles. The lowest BCUT2D eigenvalue weighted by Gasteiger charge is -2.19. The molecule has 0 unspecified atom stereocenters. The van der Waals surface area contributed by atoms with Crippen LogP contribution < -0.4 is 15.4 Å². The molecule has 29 heavy (non-hydrogen) atoms. The van der Waals surface area contributed by atoms with E-state index in [4.69, 9.17) is 32.7 Å². The van der Waals surface area contributed by atoms with E-state index in [1.165, 1.54) is 12.1 Å². The molecule has 0 spiro atoms. The van der Waals surface area contributed by atoms with Crippen LogP contribution >= 0.6 is 23.2 Å². The molecule has 160 valence electrons. The van der Waals surface area contributed by atoms with E-state index in [0.29, 0.717) is 12.0 Å². The summed E-state index contributed by atoms with van der Waals surface area (Å²) in [5.74, 6) is -0.527. The number of halogens is 2. The highest BCUT2D eigenvalue weighted by molar-refractivity contribution is 6.45. The van der Waals surface area contributed by atoms with Gasteiger partial charge in [0.25, 0.3) is 5.91 Å². The molecule has 1 rings (SSSR count). The first-order valence-electron chi connectivity index (χ1n) is 9.03. The maximum Gasteiger partial charge on any atom is 0.407 e. The van der Waals surface area contributed by atoms with Crippen LogP contribution in [-0.4, -0.2) is 43.1 Å². The van der Waals surface area contributed by atoms with Crippen LogP contribution in [0.15, 0.2) is 24.3 Å². The quantitative estimate of drug-likeness (QED) is 0.338. The van der Waals surface area contributed by atoms with Crippen LogP contribution in [0.1, 0.15) is 44.5 Å². The Morgan fingerprint density at radius 2 is 1.69 bits per heavy atom. The zero-order chi connectivity index (χ0) is 22.2. The van der Waals surface area contributed by atoms with Crippen LogP contribution in [0.3, 0.4) is 0 Å². The van der Waals surface area contributed by atoms with E-state index in [0.717, 1.165) is 0 Å². The van der Waals surface area contributed by atoms with Gasteiger partial charge in [-0.05, 0) is 44.9 Å². The van der Waals surface area contributed by atoms with Gasteiger partial charge in [0, 0.05) is 18.7 Å². The van der Waals surface area contributed by atoms with Crippen molar-refractivity contribution in [3.63, 3.8) is 0 Å². The lowest BCUT2D eigenvalue weighted by Crippen LogP contribution is -2.39. The Kier molecular flexibility index (Phi) is 9.46. The number of amides is 2. The second kappa shape index (κ2) is 11.1. The lowest BCUT2D eigenvalue weighted by molar-refractivity contribution is -0.123.